The van der Waals surface area contributed by atoms with E-state index in [0.29, 0.717) is 5.76 Å². The molecule has 3 amide bonds. The molecular weight excluding hydrogens is 374 g/mol. The van der Waals surface area contributed by atoms with E-state index in [0.717, 1.165) is 16.5 Å². The predicted octanol–water partition coefficient (Wildman–Crippen LogP) is 3.11. The van der Waals surface area contributed by atoms with E-state index in [1.54, 1.807) is 12.1 Å². The second-order valence-corrected chi connectivity index (χ2v) is 6.12. The number of rotatable bonds is 7. The Labute approximate surface area is 149 Å². The van der Waals surface area contributed by atoms with E-state index in [1.807, 2.05) is 31.2 Å². The van der Waals surface area contributed by atoms with Crippen molar-refractivity contribution in [2.75, 3.05) is 6.54 Å². The van der Waals surface area contributed by atoms with Gasteiger partial charge < -0.3 is 15.1 Å². The van der Waals surface area contributed by atoms with E-state index >= 15 is 0 Å². The lowest BCUT2D eigenvalue weighted by molar-refractivity contribution is -0.119. The lowest BCUT2D eigenvalue weighted by atomic mass is 10.0. The van der Waals surface area contributed by atoms with Crippen LogP contribution in [0.4, 0.5) is 4.79 Å². The van der Waals surface area contributed by atoms with Crippen LogP contribution in [0.1, 0.15) is 30.7 Å². The van der Waals surface area contributed by atoms with E-state index in [4.69, 9.17) is 4.42 Å². The third-order valence-corrected chi connectivity index (χ3v) is 3.97. The fourth-order valence-electron chi connectivity index (χ4n) is 2.20. The van der Waals surface area contributed by atoms with Gasteiger partial charge in [-0.3, -0.25) is 10.1 Å². The third kappa shape index (κ3) is 5.82. The number of hydrogen-bond acceptors (Lipinski definition) is 4. The Balaban J connectivity index is 1.74. The smallest absolute Gasteiger partial charge is 0.321 e. The van der Waals surface area contributed by atoms with Crippen molar-refractivity contribution in [2.24, 2.45) is 0 Å². The molecule has 0 radical (unpaired) electrons. The summed E-state index contributed by atoms with van der Waals surface area (Å²) in [5.41, 5.74) is 1.09. The lowest BCUT2D eigenvalue weighted by Crippen LogP contribution is -2.43. The molecule has 1 aromatic heterocycles. The molecule has 1 atom stereocenters. The van der Waals surface area contributed by atoms with Crippen molar-refractivity contribution >= 4 is 27.9 Å². The topological polar surface area (TPSA) is 83.4 Å². The number of halogens is 1. The average molecular weight is 394 g/mol. The highest BCUT2D eigenvalue weighted by molar-refractivity contribution is 9.10. The van der Waals surface area contributed by atoms with Crippen LogP contribution in [0.3, 0.4) is 0 Å². The molecule has 1 heterocycles. The maximum atomic E-state index is 11.9. The normalized spacial score (nSPS) is 11.8. The van der Waals surface area contributed by atoms with Crippen molar-refractivity contribution in [2.45, 2.75) is 25.9 Å². The fourth-order valence-corrected chi connectivity index (χ4v) is 2.47. The summed E-state index contributed by atoms with van der Waals surface area (Å²) in [6.45, 7) is 2.33. The van der Waals surface area contributed by atoms with Gasteiger partial charge in [-0.05, 0) is 36.2 Å². The van der Waals surface area contributed by atoms with Crippen molar-refractivity contribution in [3.63, 3.8) is 0 Å². The Morgan fingerprint density at radius 3 is 2.58 bits per heavy atom. The van der Waals surface area contributed by atoms with E-state index in [-0.39, 0.29) is 25.0 Å². The highest BCUT2D eigenvalue weighted by atomic mass is 79.9. The Kier molecular flexibility index (Phi) is 7.02. The average Bonchev–Trinajstić information content (AvgIpc) is 3.08. The number of carbonyl (C=O) groups is 2. The molecule has 0 fully saturated rings. The van der Waals surface area contributed by atoms with E-state index < -0.39 is 6.03 Å². The van der Waals surface area contributed by atoms with Crippen LogP contribution in [-0.2, 0) is 11.3 Å². The zero-order valence-corrected chi connectivity index (χ0v) is 14.9. The number of benzene rings is 1. The maximum Gasteiger partial charge on any atom is 0.321 e. The molecule has 7 heteroatoms. The van der Waals surface area contributed by atoms with Crippen LogP contribution in [-0.4, -0.2) is 18.5 Å². The summed E-state index contributed by atoms with van der Waals surface area (Å²) in [5, 5.41) is 7.99. The molecule has 0 bridgehead atoms. The number of carbonyl (C=O) groups excluding carboxylic acids is 2. The van der Waals surface area contributed by atoms with Gasteiger partial charge in [0.1, 0.15) is 5.76 Å². The van der Waals surface area contributed by atoms with E-state index in [9.17, 15) is 9.59 Å². The van der Waals surface area contributed by atoms with Gasteiger partial charge in [0.05, 0.1) is 19.4 Å². The van der Waals surface area contributed by atoms with Gasteiger partial charge >= 0.3 is 6.03 Å². The summed E-state index contributed by atoms with van der Waals surface area (Å²) < 4.78 is 6.10. The van der Waals surface area contributed by atoms with Crippen molar-refractivity contribution in [1.82, 2.24) is 16.0 Å². The highest BCUT2D eigenvalue weighted by Gasteiger charge is 2.12. The summed E-state index contributed by atoms with van der Waals surface area (Å²) in [5.74, 6) is 0.236. The number of hydrogen-bond donors (Lipinski definition) is 3. The molecule has 24 heavy (non-hydrogen) atoms. The van der Waals surface area contributed by atoms with Crippen molar-refractivity contribution in [1.29, 1.82) is 0 Å². The number of urea groups is 1. The first-order valence-electron chi connectivity index (χ1n) is 7.67. The summed E-state index contributed by atoms with van der Waals surface area (Å²) in [4.78, 5) is 23.5. The van der Waals surface area contributed by atoms with Crippen LogP contribution in [0.15, 0.2) is 51.6 Å². The fraction of sp³-hybridized carbons (Fsp3) is 0.294. The lowest BCUT2D eigenvalue weighted by Gasteiger charge is -2.17. The van der Waals surface area contributed by atoms with Gasteiger partial charge in [-0.25, -0.2) is 4.79 Å². The molecule has 2 rings (SSSR count). The summed E-state index contributed by atoms with van der Waals surface area (Å²) in [6, 6.07) is 10.9. The standard InChI is InChI=1S/C17H20BrN3O3/c1-2-15(12-5-7-13(18)8-6-12)19-11-16(22)21-17(23)20-10-14-4-3-9-24-14/h3-9,15,19H,2,10-11H2,1H3,(H2,20,21,22,23)/t15-/m0/s1. The zero-order chi connectivity index (χ0) is 17.4. The summed E-state index contributed by atoms with van der Waals surface area (Å²) in [6.07, 6.45) is 2.36. The van der Waals surface area contributed by atoms with Gasteiger partial charge in [-0.2, -0.15) is 0 Å². The number of furan rings is 1. The molecule has 6 nitrogen and oxygen atoms in total. The second-order valence-electron chi connectivity index (χ2n) is 5.20. The number of nitrogens with one attached hydrogen (secondary N) is 3. The van der Waals surface area contributed by atoms with E-state index in [2.05, 4.69) is 31.9 Å². The summed E-state index contributed by atoms with van der Waals surface area (Å²) >= 11 is 3.40. The van der Waals surface area contributed by atoms with Gasteiger partial charge in [0.25, 0.3) is 0 Å². The van der Waals surface area contributed by atoms with Crippen LogP contribution < -0.4 is 16.0 Å². The van der Waals surface area contributed by atoms with E-state index in [1.165, 1.54) is 6.26 Å². The molecule has 2 aromatic rings. The molecule has 0 spiro atoms. The van der Waals surface area contributed by atoms with Crippen molar-refractivity contribution in [3.05, 3.63) is 58.5 Å². The zero-order valence-electron chi connectivity index (χ0n) is 13.3. The molecule has 0 aliphatic heterocycles. The highest BCUT2D eigenvalue weighted by Crippen LogP contribution is 2.19. The number of amides is 3. The second kappa shape index (κ2) is 9.24. The molecule has 1 aromatic carbocycles. The number of imide groups is 1. The van der Waals surface area contributed by atoms with Crippen LogP contribution in [0.5, 0.6) is 0 Å². The Morgan fingerprint density at radius 2 is 1.96 bits per heavy atom. The Hall–Kier alpha value is -2.12. The SMILES string of the molecule is CC[C@H](NCC(=O)NC(=O)NCc1ccco1)c1ccc(Br)cc1. The molecule has 3 N–H and O–H groups in total. The van der Waals surface area contributed by atoms with Gasteiger partial charge in [0, 0.05) is 10.5 Å². The van der Waals surface area contributed by atoms with Crippen LogP contribution in [0.2, 0.25) is 0 Å². The predicted molar refractivity (Wildman–Crippen MR) is 94.3 cm³/mol. The van der Waals surface area contributed by atoms with Crippen LogP contribution in [0, 0.1) is 0 Å². The Morgan fingerprint density at radius 1 is 1.21 bits per heavy atom. The van der Waals surface area contributed by atoms with Crippen LogP contribution in [0.25, 0.3) is 0 Å². The first kappa shape index (κ1) is 18.2. The van der Waals surface area contributed by atoms with Crippen LogP contribution >= 0.6 is 15.9 Å². The first-order chi connectivity index (χ1) is 11.6. The maximum absolute atomic E-state index is 11.9. The molecule has 0 aliphatic rings. The largest absolute Gasteiger partial charge is 0.467 e. The van der Waals surface area contributed by atoms with Gasteiger partial charge in [0.2, 0.25) is 5.91 Å². The first-order valence-corrected chi connectivity index (χ1v) is 8.46. The van der Waals surface area contributed by atoms with Gasteiger partial charge in [-0.1, -0.05) is 35.0 Å². The van der Waals surface area contributed by atoms with Crippen molar-refractivity contribution < 1.29 is 14.0 Å². The van der Waals surface area contributed by atoms with Gasteiger partial charge in [0.15, 0.2) is 0 Å². The molecule has 128 valence electrons. The molecule has 0 unspecified atom stereocenters. The van der Waals surface area contributed by atoms with Gasteiger partial charge in [-0.15, -0.1) is 0 Å². The minimum Gasteiger partial charge on any atom is -0.467 e. The minimum absolute atomic E-state index is 0.0510. The monoisotopic (exact) mass is 393 g/mol. The molecule has 0 aliphatic carbocycles. The molecule has 0 saturated carbocycles. The Bertz CT molecular complexity index is 656. The summed E-state index contributed by atoms with van der Waals surface area (Å²) in [7, 11) is 0. The third-order valence-electron chi connectivity index (χ3n) is 3.45. The molecular formula is C17H20BrN3O3. The molecule has 0 saturated heterocycles. The van der Waals surface area contributed by atoms with Crippen molar-refractivity contribution in [3.8, 4) is 0 Å². The quantitative estimate of drug-likeness (QED) is 0.674. The minimum atomic E-state index is -0.546.